The first kappa shape index (κ1) is 60.1. The fourth-order valence-electron chi connectivity index (χ4n) is 15.5. The van der Waals surface area contributed by atoms with E-state index >= 15 is 0 Å². The predicted octanol–water partition coefficient (Wildman–Crippen LogP) is 23.9. The molecule has 2 fully saturated rings. The lowest BCUT2D eigenvalue weighted by molar-refractivity contribution is -0.243. The van der Waals surface area contributed by atoms with Gasteiger partial charge in [-0.15, -0.1) is 0 Å². The third kappa shape index (κ3) is 21.3. The van der Waals surface area contributed by atoms with Gasteiger partial charge in [0.2, 0.25) is 0 Å². The first-order valence-corrected chi connectivity index (χ1v) is 31.5. The van der Waals surface area contributed by atoms with Crippen molar-refractivity contribution in [3.63, 3.8) is 0 Å². The zero-order valence-electron chi connectivity index (χ0n) is 46.3. The summed E-state index contributed by atoms with van der Waals surface area (Å²) in [4.78, 5) is 0. The van der Waals surface area contributed by atoms with E-state index in [1.54, 1.807) is 51.4 Å². The summed E-state index contributed by atoms with van der Waals surface area (Å²) in [6.45, 7) is 17.5. The van der Waals surface area contributed by atoms with Crippen molar-refractivity contribution >= 4 is 0 Å². The molecule has 0 aromatic rings. The van der Waals surface area contributed by atoms with Gasteiger partial charge < -0.3 is 0 Å². The second kappa shape index (κ2) is 39.8. The van der Waals surface area contributed by atoms with Gasteiger partial charge in [-0.1, -0.05) is 318 Å². The topological polar surface area (TPSA) is 0 Å². The average Bonchev–Trinajstić information content (AvgIpc) is 3.31. The van der Waals surface area contributed by atoms with Crippen LogP contribution in [0.25, 0.3) is 0 Å². The van der Waals surface area contributed by atoms with E-state index in [0.717, 1.165) is 17.8 Å². The second-order valence-corrected chi connectivity index (χ2v) is 23.7. The van der Waals surface area contributed by atoms with Crippen molar-refractivity contribution in [3.8, 4) is 0 Å². The third-order valence-electron chi connectivity index (χ3n) is 18.9. The summed E-state index contributed by atoms with van der Waals surface area (Å²) in [5.41, 5.74) is 1.63. The van der Waals surface area contributed by atoms with Gasteiger partial charge in [-0.2, -0.15) is 0 Å². The van der Waals surface area contributed by atoms with Crippen molar-refractivity contribution in [2.24, 2.45) is 34.0 Å². The molecule has 0 amide bonds. The summed E-state index contributed by atoms with van der Waals surface area (Å²) in [6.07, 6.45) is 76.2. The van der Waals surface area contributed by atoms with E-state index in [1.165, 1.54) is 276 Å². The van der Waals surface area contributed by atoms with Crippen molar-refractivity contribution < 1.29 is 0 Å². The summed E-state index contributed by atoms with van der Waals surface area (Å²) < 4.78 is 0. The number of hydrogen-bond acceptors (Lipinski definition) is 0. The highest BCUT2D eigenvalue weighted by Crippen LogP contribution is 2.76. The first-order chi connectivity index (χ1) is 31.5. The van der Waals surface area contributed by atoms with Crippen molar-refractivity contribution in [1.82, 2.24) is 0 Å². The van der Waals surface area contributed by atoms with Crippen molar-refractivity contribution in [3.05, 3.63) is 0 Å². The van der Waals surface area contributed by atoms with Crippen molar-refractivity contribution in [2.45, 2.75) is 376 Å². The van der Waals surface area contributed by atoms with Gasteiger partial charge in [-0.25, -0.2) is 0 Å². The maximum absolute atomic E-state index is 2.93. The number of unbranched alkanes of at least 4 members (excludes halogenated alkanes) is 33. The lowest BCUT2D eigenvalue weighted by Crippen LogP contribution is -2.65. The van der Waals surface area contributed by atoms with Gasteiger partial charge >= 0.3 is 0 Å². The molecule has 0 saturated heterocycles. The van der Waals surface area contributed by atoms with Crippen LogP contribution in [-0.4, -0.2) is 0 Å². The van der Waals surface area contributed by atoms with E-state index in [0.29, 0.717) is 16.2 Å². The summed E-state index contributed by atoms with van der Waals surface area (Å²) in [5.74, 6) is 2.84. The molecule has 64 heavy (non-hydrogen) atoms. The van der Waals surface area contributed by atoms with Crippen LogP contribution in [0.5, 0.6) is 0 Å². The van der Waals surface area contributed by atoms with Gasteiger partial charge in [-0.05, 0) is 91.8 Å². The largest absolute Gasteiger partial charge is 0.0654 e. The Morgan fingerprint density at radius 1 is 0.312 bits per heavy atom. The molecule has 0 heterocycles. The Hall–Kier alpha value is 0. The van der Waals surface area contributed by atoms with Gasteiger partial charge in [0.15, 0.2) is 0 Å². The van der Waals surface area contributed by atoms with E-state index in [4.69, 9.17) is 0 Å². The summed E-state index contributed by atoms with van der Waals surface area (Å²) in [5, 5.41) is 0. The molecule has 0 N–H and O–H groups in total. The molecule has 0 heteroatoms. The molecule has 0 aliphatic heterocycles. The van der Waals surface area contributed by atoms with E-state index in [9.17, 15) is 0 Å². The fraction of sp³-hybridized carbons (Fsp3) is 1.00. The van der Waals surface area contributed by atoms with E-state index in [-0.39, 0.29) is 0 Å². The molecule has 2 aliphatic carbocycles. The molecule has 0 radical (unpaired) electrons. The maximum atomic E-state index is 2.93. The molecule has 0 spiro atoms. The Balaban J connectivity index is 2.53. The van der Waals surface area contributed by atoms with Crippen molar-refractivity contribution in [1.29, 1.82) is 0 Å². The van der Waals surface area contributed by atoms with E-state index in [1.807, 2.05) is 0 Å². The summed E-state index contributed by atoms with van der Waals surface area (Å²) >= 11 is 0. The van der Waals surface area contributed by atoms with Crippen molar-refractivity contribution in [2.75, 3.05) is 0 Å². The van der Waals surface area contributed by atoms with Gasteiger partial charge in [-0.3, -0.25) is 0 Å². The lowest BCUT2D eigenvalue weighted by Gasteiger charge is -2.73. The Morgan fingerprint density at radius 3 is 1.00 bits per heavy atom. The minimum absolute atomic E-state index is 0.528. The summed E-state index contributed by atoms with van der Waals surface area (Å²) in [6, 6.07) is 0. The van der Waals surface area contributed by atoms with Crippen LogP contribution in [0, 0.1) is 34.0 Å². The second-order valence-electron chi connectivity index (χ2n) is 23.7. The van der Waals surface area contributed by atoms with Crippen LogP contribution in [-0.2, 0) is 0 Å². The molecular formula is C64H126. The van der Waals surface area contributed by atoms with Crippen LogP contribution in [0.15, 0.2) is 0 Å². The standard InChI is InChI=1S/C64H126/c1-8-14-20-24-27-29-30-31-32-33-34-35-36-37-40-48-56-63(55-47-39-26-22-16-10-3)62(53-45-18-12-5,54-46-23-17-11-4)61(50-19-13-6)58-59(7)64(63,60-51-43-42-44-52-60)57-49-41-38-28-25-21-15-9-2/h59-61H,8-58H2,1-7H3. The van der Waals surface area contributed by atoms with Crippen LogP contribution in [0.4, 0.5) is 0 Å². The van der Waals surface area contributed by atoms with Crippen LogP contribution in [0.3, 0.4) is 0 Å². The van der Waals surface area contributed by atoms with Crippen LogP contribution >= 0.6 is 0 Å². The molecule has 0 aromatic carbocycles. The van der Waals surface area contributed by atoms with Gasteiger partial charge in [0, 0.05) is 0 Å². The highest BCUT2D eigenvalue weighted by Gasteiger charge is 2.68. The zero-order valence-corrected chi connectivity index (χ0v) is 46.3. The lowest BCUT2D eigenvalue weighted by atomic mass is 9.31. The minimum atomic E-state index is 0.528. The molecule has 2 aliphatic rings. The Morgan fingerprint density at radius 2 is 0.609 bits per heavy atom. The van der Waals surface area contributed by atoms with E-state index < -0.39 is 0 Å². The van der Waals surface area contributed by atoms with Gasteiger partial charge in [0.1, 0.15) is 0 Å². The van der Waals surface area contributed by atoms with Crippen LogP contribution in [0.1, 0.15) is 376 Å². The van der Waals surface area contributed by atoms with Crippen LogP contribution in [0.2, 0.25) is 0 Å². The Labute approximate surface area is 408 Å². The molecule has 382 valence electrons. The molecule has 5 unspecified atom stereocenters. The van der Waals surface area contributed by atoms with Gasteiger partial charge in [0.25, 0.3) is 0 Å². The minimum Gasteiger partial charge on any atom is -0.0654 e. The van der Waals surface area contributed by atoms with E-state index in [2.05, 4.69) is 48.5 Å². The molecule has 0 aromatic heterocycles. The fourth-order valence-corrected chi connectivity index (χ4v) is 15.5. The Kier molecular flexibility index (Phi) is 37.4. The first-order valence-electron chi connectivity index (χ1n) is 31.5. The summed E-state index contributed by atoms with van der Waals surface area (Å²) in [7, 11) is 0. The molecular weight excluding hydrogens is 769 g/mol. The average molecular weight is 896 g/mol. The van der Waals surface area contributed by atoms with Gasteiger partial charge in [0.05, 0.1) is 0 Å². The number of rotatable bonds is 46. The Bertz CT molecular complexity index is 975. The molecule has 5 atom stereocenters. The van der Waals surface area contributed by atoms with Crippen LogP contribution < -0.4 is 0 Å². The third-order valence-corrected chi connectivity index (χ3v) is 18.9. The quantitative estimate of drug-likeness (QED) is 0.0534. The monoisotopic (exact) mass is 895 g/mol. The molecule has 0 bridgehead atoms. The predicted molar refractivity (Wildman–Crippen MR) is 293 cm³/mol. The zero-order chi connectivity index (χ0) is 46.3. The molecule has 0 nitrogen and oxygen atoms in total. The normalized spacial score (nSPS) is 24.2. The SMILES string of the molecule is CCCCCCCCCCCCCCCCCCC1(CCCCCCCC)C(CCCCC)(CCCCCC)C(CCCC)CC(C)C1(CCCCCCCCCC)C1CCCCC1. The molecule has 2 rings (SSSR count). The molecule has 2 saturated carbocycles. The smallest absolute Gasteiger partial charge is 0.0177 e. The highest BCUT2D eigenvalue weighted by molar-refractivity contribution is 5.17. The number of hydrogen-bond donors (Lipinski definition) is 0. The highest BCUT2D eigenvalue weighted by atomic mass is 14.7. The maximum Gasteiger partial charge on any atom is -0.0177 e.